The highest BCUT2D eigenvalue weighted by Gasteiger charge is 2.68. The smallest absolute Gasteiger partial charge is 0.00277 e. The fourth-order valence-electron chi connectivity index (χ4n) is 17.0. The van der Waals surface area contributed by atoms with Gasteiger partial charge in [0.05, 0.1) is 0 Å². The molecule has 0 spiro atoms. The van der Waals surface area contributed by atoms with Crippen LogP contribution in [0.25, 0.3) is 36.5 Å². The van der Waals surface area contributed by atoms with E-state index in [-0.39, 0.29) is 21.7 Å². The lowest BCUT2D eigenvalue weighted by Crippen LogP contribution is -2.63. The van der Waals surface area contributed by atoms with Crippen LogP contribution in [0.4, 0.5) is 0 Å². The minimum atomic E-state index is 0.150. The van der Waals surface area contributed by atoms with E-state index in [1.165, 1.54) is 110 Å². The molecule has 0 saturated heterocycles. The van der Waals surface area contributed by atoms with Crippen molar-refractivity contribution < 1.29 is 0 Å². The molecule has 11 rings (SSSR count). The molecule has 0 aliphatic heterocycles. The molecule has 8 bridgehead atoms. The van der Waals surface area contributed by atoms with Crippen LogP contribution in [0.15, 0.2) is 88.0 Å². The van der Waals surface area contributed by atoms with Crippen LogP contribution >= 0.6 is 0 Å². The SMILES string of the molecule is C=Cc1cc(C23CC4(C)CC(C)(CC(c5ccc(C67CC8(C)CC(C)(C6)CC(c6cc(C=C)c(C=C)c(C=C)c6)(C8)C7)cc5)(C4)C2)C3)cc(C=C)c1C=C. The molecule has 4 atom stereocenters. The van der Waals surface area contributed by atoms with Gasteiger partial charge in [0.2, 0.25) is 0 Å². The molecule has 0 heterocycles. The summed E-state index contributed by atoms with van der Waals surface area (Å²) in [6.45, 7) is 35.7. The van der Waals surface area contributed by atoms with Crippen molar-refractivity contribution in [2.75, 3.05) is 0 Å². The molecule has 54 heavy (non-hydrogen) atoms. The number of hydrogen-bond donors (Lipinski definition) is 0. The van der Waals surface area contributed by atoms with Gasteiger partial charge in [0.1, 0.15) is 0 Å². The molecule has 3 aromatic carbocycles. The average Bonchev–Trinajstić information content (AvgIpc) is 3.10. The Labute approximate surface area is 327 Å². The van der Waals surface area contributed by atoms with Crippen LogP contribution in [-0.4, -0.2) is 0 Å². The lowest BCUT2D eigenvalue weighted by Gasteiger charge is -2.70. The summed E-state index contributed by atoms with van der Waals surface area (Å²) < 4.78 is 0. The normalized spacial score (nSPS) is 39.6. The largest absolute Gasteiger partial charge is 0.0984 e. The first-order valence-electron chi connectivity index (χ1n) is 20.8. The maximum atomic E-state index is 4.23. The van der Waals surface area contributed by atoms with E-state index in [2.05, 4.69) is 116 Å². The predicted octanol–water partition coefficient (Wildman–Crippen LogP) is 14.7. The Balaban J connectivity index is 1.12. The Kier molecular flexibility index (Phi) is 7.51. The molecule has 0 amide bonds. The summed E-state index contributed by atoms with van der Waals surface area (Å²) in [6.07, 6.45) is 27.5. The van der Waals surface area contributed by atoms with E-state index in [9.17, 15) is 0 Å². The van der Waals surface area contributed by atoms with Gasteiger partial charge in [-0.1, -0.05) is 152 Å². The molecule has 0 nitrogen and oxygen atoms in total. The third-order valence-corrected chi connectivity index (χ3v) is 16.3. The first-order chi connectivity index (χ1) is 25.6. The summed E-state index contributed by atoms with van der Waals surface area (Å²) in [5.41, 5.74) is 15.2. The Morgan fingerprint density at radius 3 is 0.796 bits per heavy atom. The number of benzene rings is 3. The van der Waals surface area contributed by atoms with Gasteiger partial charge in [0.25, 0.3) is 0 Å². The van der Waals surface area contributed by atoms with Gasteiger partial charge in [-0.05, 0) is 176 Å². The van der Waals surface area contributed by atoms with Gasteiger partial charge in [0, 0.05) is 0 Å². The summed E-state index contributed by atoms with van der Waals surface area (Å²) in [7, 11) is 0. The second-order valence-corrected chi connectivity index (χ2v) is 21.4. The molecular weight excluding hydrogens is 649 g/mol. The van der Waals surface area contributed by atoms with Gasteiger partial charge >= 0.3 is 0 Å². The van der Waals surface area contributed by atoms with Crippen molar-refractivity contribution in [3.63, 3.8) is 0 Å². The van der Waals surface area contributed by atoms with Crippen molar-refractivity contribution in [1.82, 2.24) is 0 Å². The number of hydrogen-bond acceptors (Lipinski definition) is 0. The van der Waals surface area contributed by atoms with Crippen LogP contribution in [0.3, 0.4) is 0 Å². The molecule has 0 aromatic heterocycles. The zero-order valence-electron chi connectivity index (χ0n) is 33.8. The van der Waals surface area contributed by atoms with Gasteiger partial charge < -0.3 is 0 Å². The molecule has 4 unspecified atom stereocenters. The molecule has 8 saturated carbocycles. The average molecular weight is 711 g/mol. The van der Waals surface area contributed by atoms with E-state index in [1.54, 1.807) is 11.1 Å². The van der Waals surface area contributed by atoms with Crippen LogP contribution in [0.5, 0.6) is 0 Å². The van der Waals surface area contributed by atoms with Gasteiger partial charge in [0.15, 0.2) is 0 Å². The molecule has 8 aliphatic carbocycles. The van der Waals surface area contributed by atoms with Crippen LogP contribution in [0.1, 0.15) is 160 Å². The van der Waals surface area contributed by atoms with Crippen LogP contribution in [0.2, 0.25) is 0 Å². The highest BCUT2D eigenvalue weighted by Crippen LogP contribution is 2.76. The van der Waals surface area contributed by atoms with Gasteiger partial charge in [-0.2, -0.15) is 0 Å². The first kappa shape index (κ1) is 35.8. The molecule has 278 valence electrons. The van der Waals surface area contributed by atoms with Crippen LogP contribution in [0, 0.1) is 21.7 Å². The fraction of sp³-hybridized carbons (Fsp3) is 0.444. The third-order valence-electron chi connectivity index (χ3n) is 16.3. The standard InChI is InChI=1S/C54H62/c1-11-37-21-43(22-38(12-2)45(37)15-5)53-31-47(7)25-48(8,32-53)28-51(27-47,35-53)41-17-19-42(20-18-41)52-29-49(9)26-50(10,30-52)34-54(33-49,36-52)44-23-39(13-3)46(16-6)40(14-4)24-44/h11-24H,1-6,25-36H2,7-10H3. The van der Waals surface area contributed by atoms with E-state index < -0.39 is 0 Å². The molecule has 3 aromatic rings. The molecule has 8 fully saturated rings. The third kappa shape index (κ3) is 5.00. The summed E-state index contributed by atoms with van der Waals surface area (Å²) in [4.78, 5) is 0. The summed E-state index contributed by atoms with van der Waals surface area (Å²) in [5.74, 6) is 0. The minimum absolute atomic E-state index is 0.150. The van der Waals surface area contributed by atoms with Crippen molar-refractivity contribution in [3.8, 4) is 0 Å². The highest BCUT2D eigenvalue weighted by atomic mass is 14.7. The zero-order chi connectivity index (χ0) is 38.2. The monoisotopic (exact) mass is 710 g/mol. The Morgan fingerprint density at radius 1 is 0.333 bits per heavy atom. The lowest BCUT2D eigenvalue weighted by atomic mass is 9.34. The van der Waals surface area contributed by atoms with Crippen molar-refractivity contribution in [3.05, 3.63) is 144 Å². The lowest BCUT2D eigenvalue weighted by molar-refractivity contribution is -0.128. The van der Waals surface area contributed by atoms with Gasteiger partial charge in [-0.15, -0.1) is 0 Å². The molecular formula is C54H62. The maximum absolute atomic E-state index is 4.23. The minimum Gasteiger partial charge on any atom is -0.0984 e. The summed E-state index contributed by atoms with van der Waals surface area (Å²) in [5, 5.41) is 0. The Hall–Kier alpha value is -3.90. The van der Waals surface area contributed by atoms with Gasteiger partial charge in [-0.25, -0.2) is 0 Å². The van der Waals surface area contributed by atoms with Crippen LogP contribution in [-0.2, 0) is 21.7 Å². The second kappa shape index (κ2) is 11.3. The van der Waals surface area contributed by atoms with E-state index in [0.29, 0.717) is 21.7 Å². The quantitative estimate of drug-likeness (QED) is 0.196. The maximum Gasteiger partial charge on any atom is -0.00277 e. The molecule has 0 N–H and O–H groups in total. The fourth-order valence-corrected chi connectivity index (χ4v) is 17.0. The van der Waals surface area contributed by atoms with Crippen LogP contribution < -0.4 is 0 Å². The van der Waals surface area contributed by atoms with E-state index in [0.717, 1.165) is 11.1 Å². The summed E-state index contributed by atoms with van der Waals surface area (Å²) in [6, 6.07) is 20.3. The van der Waals surface area contributed by atoms with Crippen molar-refractivity contribution in [2.45, 2.75) is 126 Å². The predicted molar refractivity (Wildman–Crippen MR) is 234 cm³/mol. The highest BCUT2D eigenvalue weighted by molar-refractivity contribution is 5.75. The molecule has 0 radical (unpaired) electrons. The summed E-state index contributed by atoms with van der Waals surface area (Å²) >= 11 is 0. The van der Waals surface area contributed by atoms with Crippen molar-refractivity contribution in [2.24, 2.45) is 21.7 Å². The first-order valence-corrected chi connectivity index (χ1v) is 20.8. The second-order valence-electron chi connectivity index (χ2n) is 21.4. The zero-order valence-corrected chi connectivity index (χ0v) is 33.8. The van der Waals surface area contributed by atoms with E-state index in [1.807, 2.05) is 36.5 Å². The molecule has 0 heteroatoms. The topological polar surface area (TPSA) is 0 Å². The van der Waals surface area contributed by atoms with E-state index in [4.69, 9.17) is 0 Å². The van der Waals surface area contributed by atoms with Gasteiger partial charge in [-0.3, -0.25) is 0 Å². The van der Waals surface area contributed by atoms with E-state index >= 15 is 0 Å². The Bertz CT molecular complexity index is 1910. The molecule has 8 aliphatic rings. The van der Waals surface area contributed by atoms with Crippen molar-refractivity contribution in [1.29, 1.82) is 0 Å². The Morgan fingerprint density at radius 2 is 0.574 bits per heavy atom. The number of rotatable bonds is 10. The van der Waals surface area contributed by atoms with Crippen molar-refractivity contribution >= 4 is 36.5 Å².